The summed E-state index contributed by atoms with van der Waals surface area (Å²) in [6.45, 7) is -1.37. The van der Waals surface area contributed by atoms with Crippen molar-refractivity contribution in [1.82, 2.24) is 34.1 Å². The van der Waals surface area contributed by atoms with Gasteiger partial charge in [-0.2, -0.15) is 13.2 Å². The Morgan fingerprint density at radius 2 is 1.80 bits per heavy atom. The average Bonchev–Trinajstić information content (AvgIpc) is 3.54. The molecule has 41 heavy (non-hydrogen) atoms. The number of anilines is 1. The molecular formula is C26H20ClF3N8O3. The zero-order chi connectivity index (χ0) is 29.1. The van der Waals surface area contributed by atoms with Gasteiger partial charge in [0.1, 0.15) is 12.9 Å². The first-order valence-electron chi connectivity index (χ1n) is 12.0. The van der Waals surface area contributed by atoms with E-state index in [4.69, 9.17) is 11.6 Å². The number of alkyl halides is 3. The minimum Gasteiger partial charge on any atom is -0.382 e. The number of pyridine rings is 1. The van der Waals surface area contributed by atoms with E-state index in [0.29, 0.717) is 22.0 Å². The van der Waals surface area contributed by atoms with E-state index in [2.05, 4.69) is 25.5 Å². The van der Waals surface area contributed by atoms with E-state index in [0.717, 1.165) is 9.25 Å². The molecule has 2 aromatic carbocycles. The van der Waals surface area contributed by atoms with E-state index >= 15 is 0 Å². The first-order chi connectivity index (χ1) is 19.6. The number of amides is 1. The van der Waals surface area contributed by atoms with Gasteiger partial charge in [0.2, 0.25) is 0 Å². The molecule has 1 unspecified atom stereocenters. The Morgan fingerprint density at radius 1 is 1.05 bits per heavy atom. The number of hydrogen-bond acceptors (Lipinski definition) is 7. The van der Waals surface area contributed by atoms with Gasteiger partial charge in [-0.1, -0.05) is 23.7 Å². The average molecular weight is 585 g/mol. The van der Waals surface area contributed by atoms with Gasteiger partial charge in [-0.3, -0.25) is 14.3 Å². The number of rotatable bonds is 8. The number of aromatic nitrogens is 7. The Balaban J connectivity index is 1.45. The number of aliphatic hydroxyl groups is 1. The van der Waals surface area contributed by atoms with Crippen LogP contribution < -0.4 is 11.0 Å². The first-order valence-corrected chi connectivity index (χ1v) is 12.4. The zero-order valence-corrected chi connectivity index (χ0v) is 21.7. The lowest BCUT2D eigenvalue weighted by Gasteiger charge is -2.15. The molecular weight excluding hydrogens is 565 g/mol. The summed E-state index contributed by atoms with van der Waals surface area (Å²) in [6, 6.07) is 16.0. The van der Waals surface area contributed by atoms with Crippen LogP contribution in [0.1, 0.15) is 16.2 Å². The second-order valence-electron chi connectivity index (χ2n) is 8.76. The standard InChI is InChI=1S/C26H20ClF3N8O3/c27-17-9-7-16(8-10-17)23-35-37(25(41)36(23)13-21(39)26(28,29)30)14-22-32-15-38(34-22)20-6-2-1-5-19(20)24(40)33-18-4-3-11-31-12-18/h1-12,15,21,39H,13-14H2,(H,33,40). The molecule has 3 aromatic heterocycles. The predicted molar refractivity (Wildman–Crippen MR) is 142 cm³/mol. The van der Waals surface area contributed by atoms with Crippen molar-refractivity contribution < 1.29 is 23.1 Å². The Hall–Kier alpha value is -4.82. The van der Waals surface area contributed by atoms with Gasteiger partial charge in [0.15, 0.2) is 17.8 Å². The van der Waals surface area contributed by atoms with Crippen LogP contribution in [0.2, 0.25) is 5.02 Å². The smallest absolute Gasteiger partial charge is 0.382 e. The lowest BCUT2D eigenvalue weighted by molar-refractivity contribution is -0.207. The fourth-order valence-corrected chi connectivity index (χ4v) is 4.04. The highest BCUT2D eigenvalue weighted by Gasteiger charge is 2.39. The van der Waals surface area contributed by atoms with Gasteiger partial charge in [-0.05, 0) is 48.5 Å². The Morgan fingerprint density at radius 3 is 2.51 bits per heavy atom. The van der Waals surface area contributed by atoms with Gasteiger partial charge >= 0.3 is 11.9 Å². The van der Waals surface area contributed by atoms with Crippen LogP contribution in [0.15, 0.2) is 84.2 Å². The summed E-state index contributed by atoms with van der Waals surface area (Å²) < 4.78 is 42.3. The van der Waals surface area contributed by atoms with Gasteiger partial charge in [0, 0.05) is 16.8 Å². The summed E-state index contributed by atoms with van der Waals surface area (Å²) in [4.78, 5) is 34.2. The molecule has 1 atom stereocenters. The highest BCUT2D eigenvalue weighted by atomic mass is 35.5. The number of aliphatic hydroxyl groups excluding tert-OH is 1. The van der Waals surface area contributed by atoms with E-state index in [-0.39, 0.29) is 23.8 Å². The molecule has 1 amide bonds. The minimum atomic E-state index is -4.95. The Bertz CT molecular complexity index is 1730. The maximum atomic E-state index is 13.1. The van der Waals surface area contributed by atoms with Crippen molar-refractivity contribution in [3.63, 3.8) is 0 Å². The van der Waals surface area contributed by atoms with Crippen LogP contribution in [0.25, 0.3) is 17.1 Å². The lowest BCUT2D eigenvalue weighted by Crippen LogP contribution is -2.37. The highest BCUT2D eigenvalue weighted by molar-refractivity contribution is 6.30. The number of benzene rings is 2. The molecule has 2 N–H and O–H groups in total. The maximum absolute atomic E-state index is 13.1. The van der Waals surface area contributed by atoms with Crippen molar-refractivity contribution in [2.75, 3.05) is 5.32 Å². The van der Waals surface area contributed by atoms with Gasteiger partial charge < -0.3 is 10.4 Å². The molecule has 0 aliphatic heterocycles. The first kappa shape index (κ1) is 27.7. The highest BCUT2D eigenvalue weighted by Crippen LogP contribution is 2.24. The minimum absolute atomic E-state index is 0.0956. The van der Waals surface area contributed by atoms with Crippen molar-refractivity contribution in [3.8, 4) is 17.1 Å². The monoisotopic (exact) mass is 584 g/mol. The Kier molecular flexibility index (Phi) is 7.68. The van der Waals surface area contributed by atoms with Crippen LogP contribution in [0, 0.1) is 0 Å². The van der Waals surface area contributed by atoms with E-state index in [1.54, 1.807) is 42.6 Å². The van der Waals surface area contributed by atoms with Crippen LogP contribution in [0.4, 0.5) is 18.9 Å². The normalized spacial score (nSPS) is 12.3. The molecule has 5 aromatic rings. The van der Waals surface area contributed by atoms with Crippen molar-refractivity contribution in [2.24, 2.45) is 0 Å². The SMILES string of the molecule is O=C(Nc1cccnc1)c1ccccc1-n1cnc(Cn2nc(-c3ccc(Cl)cc3)n(CC(O)C(F)(F)F)c2=O)n1. The van der Waals surface area contributed by atoms with Crippen LogP contribution in [-0.2, 0) is 13.1 Å². The molecule has 210 valence electrons. The van der Waals surface area contributed by atoms with E-state index in [1.807, 2.05) is 0 Å². The molecule has 15 heteroatoms. The fraction of sp³-hybridized carbons (Fsp3) is 0.154. The third-order valence-electron chi connectivity index (χ3n) is 5.90. The van der Waals surface area contributed by atoms with Crippen molar-refractivity contribution >= 4 is 23.2 Å². The van der Waals surface area contributed by atoms with Crippen molar-refractivity contribution in [3.05, 3.63) is 106 Å². The molecule has 0 aliphatic carbocycles. The summed E-state index contributed by atoms with van der Waals surface area (Å²) in [5.41, 5.74) is 0.562. The third-order valence-corrected chi connectivity index (χ3v) is 6.16. The predicted octanol–water partition coefficient (Wildman–Crippen LogP) is 3.56. The number of nitrogens with one attached hydrogen (secondary N) is 1. The largest absolute Gasteiger partial charge is 0.416 e. The molecule has 0 bridgehead atoms. The second kappa shape index (κ2) is 11.3. The topological polar surface area (TPSA) is 133 Å². The molecule has 11 nitrogen and oxygen atoms in total. The summed E-state index contributed by atoms with van der Waals surface area (Å²) in [5, 5.41) is 21.3. The molecule has 0 saturated heterocycles. The van der Waals surface area contributed by atoms with Crippen LogP contribution in [-0.4, -0.2) is 57.4 Å². The molecule has 3 heterocycles. The summed E-state index contributed by atoms with van der Waals surface area (Å²) in [7, 11) is 0. The van der Waals surface area contributed by atoms with Gasteiger partial charge in [-0.15, -0.1) is 10.2 Å². The molecule has 0 fully saturated rings. The number of carbonyl (C=O) groups excluding carboxylic acids is 1. The van der Waals surface area contributed by atoms with Crippen molar-refractivity contribution in [1.29, 1.82) is 0 Å². The number of hydrogen-bond donors (Lipinski definition) is 2. The molecule has 5 rings (SSSR count). The van der Waals surface area contributed by atoms with Crippen LogP contribution in [0.3, 0.4) is 0 Å². The van der Waals surface area contributed by atoms with E-state index in [9.17, 15) is 27.9 Å². The van der Waals surface area contributed by atoms with Crippen molar-refractivity contribution in [2.45, 2.75) is 25.4 Å². The van der Waals surface area contributed by atoms with E-state index in [1.165, 1.54) is 41.5 Å². The number of halogens is 4. The summed E-state index contributed by atoms with van der Waals surface area (Å²) in [6.07, 6.45) is -3.34. The van der Waals surface area contributed by atoms with Crippen LogP contribution in [0.5, 0.6) is 0 Å². The summed E-state index contributed by atoms with van der Waals surface area (Å²) >= 11 is 5.92. The van der Waals surface area contributed by atoms with Gasteiger partial charge in [-0.25, -0.2) is 19.1 Å². The number of para-hydroxylation sites is 1. The summed E-state index contributed by atoms with van der Waals surface area (Å²) in [5.74, 6) is -0.429. The molecule has 0 saturated carbocycles. The Labute approximate surface area is 234 Å². The molecule has 0 spiro atoms. The quantitative estimate of drug-likeness (QED) is 0.285. The van der Waals surface area contributed by atoms with Crippen LogP contribution >= 0.6 is 11.6 Å². The van der Waals surface area contributed by atoms with Gasteiger partial charge in [0.05, 0.1) is 29.7 Å². The molecule has 0 radical (unpaired) electrons. The zero-order valence-electron chi connectivity index (χ0n) is 20.9. The third kappa shape index (κ3) is 6.18. The maximum Gasteiger partial charge on any atom is 0.416 e. The number of carbonyl (C=O) groups is 1. The number of nitrogens with zero attached hydrogens (tertiary/aromatic N) is 7. The fourth-order valence-electron chi connectivity index (χ4n) is 3.92. The molecule has 0 aliphatic rings. The van der Waals surface area contributed by atoms with E-state index < -0.39 is 30.4 Å². The lowest BCUT2D eigenvalue weighted by atomic mass is 10.1. The second-order valence-corrected chi connectivity index (χ2v) is 9.19. The van der Waals surface area contributed by atoms with Gasteiger partial charge in [0.25, 0.3) is 5.91 Å².